The van der Waals surface area contributed by atoms with E-state index in [1.165, 1.54) is 0 Å². The van der Waals surface area contributed by atoms with Crippen LogP contribution in [0.3, 0.4) is 0 Å². The summed E-state index contributed by atoms with van der Waals surface area (Å²) in [4.78, 5) is 19.2. The van der Waals surface area contributed by atoms with E-state index in [0.717, 1.165) is 23.4 Å². The molecule has 1 aliphatic rings. The van der Waals surface area contributed by atoms with Crippen molar-refractivity contribution in [3.8, 4) is 0 Å². The monoisotopic (exact) mass is 281 g/mol. The van der Waals surface area contributed by atoms with E-state index in [9.17, 15) is 4.79 Å². The van der Waals surface area contributed by atoms with Gasteiger partial charge >= 0.3 is 0 Å². The molecule has 108 valence electrons. The number of aromatic nitrogens is 1. The van der Waals surface area contributed by atoms with Crippen LogP contribution in [0, 0.1) is 0 Å². The number of hydrogen-bond donors (Lipinski definition) is 1. The smallest absolute Gasteiger partial charge is 0.258 e. The number of benzene rings is 1. The van der Waals surface area contributed by atoms with Crippen molar-refractivity contribution in [1.82, 2.24) is 9.88 Å². The van der Waals surface area contributed by atoms with E-state index in [4.69, 9.17) is 0 Å². The number of anilines is 1. The van der Waals surface area contributed by atoms with E-state index in [2.05, 4.69) is 24.1 Å². The summed E-state index contributed by atoms with van der Waals surface area (Å²) in [6, 6.07) is 13.6. The highest BCUT2D eigenvalue weighted by molar-refractivity contribution is 6.01. The molecule has 4 nitrogen and oxygen atoms in total. The molecule has 1 N–H and O–H groups in total. The van der Waals surface area contributed by atoms with E-state index in [-0.39, 0.29) is 18.1 Å². The standard InChI is InChI=1S/C17H19N3O/c1-3-12(2)20-16(15-10-6-7-11-18-15)19-14-9-5-4-8-13(14)17(20)21/h4-12,16,19H,3H2,1-2H3/t12-,16-/m0/s1. The van der Waals surface area contributed by atoms with Gasteiger partial charge in [0.25, 0.3) is 5.91 Å². The molecular formula is C17H19N3O. The summed E-state index contributed by atoms with van der Waals surface area (Å²) in [5.41, 5.74) is 2.46. The quantitative estimate of drug-likeness (QED) is 0.937. The van der Waals surface area contributed by atoms with Gasteiger partial charge in [0.1, 0.15) is 6.17 Å². The van der Waals surface area contributed by atoms with Crippen LogP contribution in [-0.2, 0) is 0 Å². The zero-order valence-electron chi connectivity index (χ0n) is 12.3. The molecule has 0 spiro atoms. The molecule has 2 atom stereocenters. The van der Waals surface area contributed by atoms with Crippen molar-refractivity contribution < 1.29 is 4.79 Å². The van der Waals surface area contributed by atoms with Gasteiger partial charge in [0.05, 0.1) is 11.3 Å². The second kappa shape index (κ2) is 5.56. The van der Waals surface area contributed by atoms with Crippen molar-refractivity contribution in [2.45, 2.75) is 32.5 Å². The van der Waals surface area contributed by atoms with E-state index in [1.54, 1.807) is 6.20 Å². The van der Waals surface area contributed by atoms with Crippen LogP contribution in [0.5, 0.6) is 0 Å². The lowest BCUT2D eigenvalue weighted by atomic mass is 10.0. The predicted octanol–water partition coefficient (Wildman–Crippen LogP) is 3.45. The Labute approximate surface area is 124 Å². The molecule has 1 aromatic carbocycles. The normalized spacial score (nSPS) is 18.9. The third-order valence-electron chi connectivity index (χ3n) is 4.00. The highest BCUT2D eigenvalue weighted by Gasteiger charge is 2.35. The third kappa shape index (κ3) is 2.37. The van der Waals surface area contributed by atoms with Gasteiger partial charge in [-0.1, -0.05) is 25.1 Å². The molecule has 2 heterocycles. The van der Waals surface area contributed by atoms with Gasteiger partial charge in [-0.25, -0.2) is 0 Å². The largest absolute Gasteiger partial charge is 0.359 e. The number of rotatable bonds is 3. The minimum Gasteiger partial charge on any atom is -0.359 e. The molecule has 0 saturated heterocycles. The van der Waals surface area contributed by atoms with Gasteiger partial charge in [0, 0.05) is 17.9 Å². The summed E-state index contributed by atoms with van der Waals surface area (Å²) in [5.74, 6) is 0.0642. The van der Waals surface area contributed by atoms with Gasteiger partial charge in [-0.05, 0) is 37.6 Å². The Hall–Kier alpha value is -2.36. The summed E-state index contributed by atoms with van der Waals surface area (Å²) in [5, 5.41) is 3.45. The first-order valence-electron chi connectivity index (χ1n) is 7.31. The Morgan fingerprint density at radius 3 is 2.71 bits per heavy atom. The van der Waals surface area contributed by atoms with Crippen LogP contribution in [0.25, 0.3) is 0 Å². The molecule has 0 fully saturated rings. The Kier molecular flexibility index (Phi) is 3.60. The lowest BCUT2D eigenvalue weighted by molar-refractivity contribution is 0.0589. The summed E-state index contributed by atoms with van der Waals surface area (Å²) >= 11 is 0. The maximum Gasteiger partial charge on any atom is 0.258 e. The zero-order chi connectivity index (χ0) is 14.8. The maximum atomic E-state index is 12.9. The molecular weight excluding hydrogens is 262 g/mol. The van der Waals surface area contributed by atoms with Crippen LogP contribution in [0.15, 0.2) is 48.7 Å². The van der Waals surface area contributed by atoms with Crippen molar-refractivity contribution in [2.24, 2.45) is 0 Å². The Morgan fingerprint density at radius 1 is 1.24 bits per heavy atom. The van der Waals surface area contributed by atoms with Crippen molar-refractivity contribution in [2.75, 3.05) is 5.32 Å². The fourth-order valence-corrected chi connectivity index (χ4v) is 2.67. The molecule has 1 aliphatic heterocycles. The molecule has 4 heteroatoms. The van der Waals surface area contributed by atoms with Gasteiger partial charge in [-0.2, -0.15) is 0 Å². The van der Waals surface area contributed by atoms with E-state index in [1.807, 2.05) is 47.4 Å². The molecule has 21 heavy (non-hydrogen) atoms. The van der Waals surface area contributed by atoms with Gasteiger partial charge in [0.2, 0.25) is 0 Å². The number of pyridine rings is 1. The van der Waals surface area contributed by atoms with Crippen LogP contribution in [0.2, 0.25) is 0 Å². The minimum absolute atomic E-state index is 0.0642. The first kappa shape index (κ1) is 13.6. The fourth-order valence-electron chi connectivity index (χ4n) is 2.67. The van der Waals surface area contributed by atoms with Crippen LogP contribution in [0.1, 0.15) is 42.5 Å². The second-order valence-corrected chi connectivity index (χ2v) is 5.32. The molecule has 3 rings (SSSR count). The van der Waals surface area contributed by atoms with Crippen LogP contribution in [-0.4, -0.2) is 21.8 Å². The predicted molar refractivity (Wildman–Crippen MR) is 83.0 cm³/mol. The number of hydrogen-bond acceptors (Lipinski definition) is 3. The van der Waals surface area contributed by atoms with Crippen molar-refractivity contribution in [1.29, 1.82) is 0 Å². The highest BCUT2D eigenvalue weighted by Crippen LogP contribution is 2.34. The Bertz CT molecular complexity index is 641. The average molecular weight is 281 g/mol. The number of carbonyl (C=O) groups excluding carboxylic acids is 1. The molecule has 0 radical (unpaired) electrons. The fraction of sp³-hybridized carbons (Fsp3) is 0.294. The van der Waals surface area contributed by atoms with Crippen molar-refractivity contribution in [3.63, 3.8) is 0 Å². The van der Waals surface area contributed by atoms with Crippen LogP contribution >= 0.6 is 0 Å². The molecule has 1 amide bonds. The summed E-state index contributed by atoms with van der Waals surface area (Å²) < 4.78 is 0. The number of nitrogens with zero attached hydrogens (tertiary/aromatic N) is 2. The number of para-hydroxylation sites is 1. The molecule has 0 bridgehead atoms. The minimum atomic E-state index is -0.219. The Morgan fingerprint density at radius 2 is 2.00 bits per heavy atom. The topological polar surface area (TPSA) is 45.2 Å². The van der Waals surface area contributed by atoms with Gasteiger partial charge in [-0.15, -0.1) is 0 Å². The van der Waals surface area contributed by atoms with Crippen molar-refractivity contribution >= 4 is 11.6 Å². The number of carbonyl (C=O) groups is 1. The lowest BCUT2D eigenvalue weighted by Gasteiger charge is -2.40. The van der Waals surface area contributed by atoms with Crippen molar-refractivity contribution in [3.05, 3.63) is 59.9 Å². The van der Waals surface area contributed by atoms with E-state index >= 15 is 0 Å². The first-order chi connectivity index (χ1) is 10.2. The van der Waals surface area contributed by atoms with Crippen LogP contribution in [0.4, 0.5) is 5.69 Å². The van der Waals surface area contributed by atoms with Crippen LogP contribution < -0.4 is 5.32 Å². The number of nitrogens with one attached hydrogen (secondary N) is 1. The first-order valence-corrected chi connectivity index (χ1v) is 7.31. The highest BCUT2D eigenvalue weighted by atomic mass is 16.2. The maximum absolute atomic E-state index is 12.9. The van der Waals surface area contributed by atoms with E-state index in [0.29, 0.717) is 0 Å². The summed E-state index contributed by atoms with van der Waals surface area (Å²) in [7, 11) is 0. The Balaban J connectivity index is 2.07. The summed E-state index contributed by atoms with van der Waals surface area (Å²) in [6.07, 6.45) is 2.44. The lowest BCUT2D eigenvalue weighted by Crippen LogP contribution is -2.47. The zero-order valence-corrected chi connectivity index (χ0v) is 12.3. The number of fused-ring (bicyclic) bond motifs is 1. The van der Waals surface area contributed by atoms with Gasteiger partial charge < -0.3 is 10.2 Å². The average Bonchev–Trinajstić information content (AvgIpc) is 2.55. The molecule has 1 aromatic heterocycles. The molecule has 2 aromatic rings. The number of amides is 1. The van der Waals surface area contributed by atoms with Gasteiger partial charge in [0.15, 0.2) is 0 Å². The molecule has 0 unspecified atom stereocenters. The van der Waals surface area contributed by atoms with Gasteiger partial charge in [-0.3, -0.25) is 9.78 Å². The molecule has 0 aliphatic carbocycles. The second-order valence-electron chi connectivity index (χ2n) is 5.32. The third-order valence-corrected chi connectivity index (χ3v) is 4.00. The van der Waals surface area contributed by atoms with E-state index < -0.39 is 0 Å². The summed E-state index contributed by atoms with van der Waals surface area (Å²) in [6.45, 7) is 4.16. The SMILES string of the molecule is CC[C@H](C)N1C(=O)c2ccccc2N[C@@H]1c1ccccn1. The molecule has 0 saturated carbocycles.